The summed E-state index contributed by atoms with van der Waals surface area (Å²) in [5, 5.41) is 7.57. The Morgan fingerprint density at radius 2 is 1.80 bits per heavy atom. The number of hydrogen-bond acceptors (Lipinski definition) is 2. The van der Waals surface area contributed by atoms with E-state index < -0.39 is 0 Å². The van der Waals surface area contributed by atoms with Gasteiger partial charge in [-0.3, -0.25) is 0 Å². The first-order chi connectivity index (χ1) is 2.41. The molecule has 5 heavy (non-hydrogen) atoms. The summed E-state index contributed by atoms with van der Waals surface area (Å²) in [6.45, 7) is 1.93. The number of rotatable bonds is 0. The van der Waals surface area contributed by atoms with Crippen LogP contribution < -0.4 is 0 Å². The summed E-state index contributed by atoms with van der Waals surface area (Å²) in [5.41, 5.74) is 0. The van der Waals surface area contributed by atoms with Crippen LogP contribution in [0, 0.1) is 0 Å². The standard InChI is InChI=1S/C2H6O.O.Zn/c1-2-3;;/h3H,2H2,1H3;;. The zero-order valence-electron chi connectivity index (χ0n) is 3.27. The van der Waals surface area contributed by atoms with Crippen molar-refractivity contribution >= 4 is 0 Å². The molecule has 0 radical (unpaired) electrons. The fraction of sp³-hybridized carbons (Fsp3) is 1.00. The summed E-state index contributed by atoms with van der Waals surface area (Å²) in [5.74, 6) is 0. The van der Waals surface area contributed by atoms with Crippen LogP contribution in [0.1, 0.15) is 6.92 Å². The van der Waals surface area contributed by atoms with Crippen molar-refractivity contribution in [1.29, 1.82) is 0 Å². The van der Waals surface area contributed by atoms with Crippen LogP contribution in [0.4, 0.5) is 0 Å². The van der Waals surface area contributed by atoms with Gasteiger partial charge in [-0.15, -0.1) is 0 Å². The van der Waals surface area contributed by atoms with Gasteiger partial charge >= 0.3 is 21.8 Å². The van der Waals surface area contributed by atoms with Gasteiger partial charge in [0.2, 0.25) is 0 Å². The van der Waals surface area contributed by atoms with Crippen LogP contribution in [0.3, 0.4) is 0 Å². The molecule has 0 aliphatic carbocycles. The molecule has 0 atom stereocenters. The Hall–Kier alpha value is 0.383. The SMILES string of the molecule is CCO.[O]=[Zn]. The third-order valence-corrected chi connectivity index (χ3v) is 0. The van der Waals surface area contributed by atoms with Crippen LogP contribution in [0.25, 0.3) is 0 Å². The van der Waals surface area contributed by atoms with Gasteiger partial charge in [-0.1, -0.05) is 0 Å². The Labute approximate surface area is 41.1 Å². The van der Waals surface area contributed by atoms with E-state index >= 15 is 0 Å². The average molecular weight is 127 g/mol. The normalized spacial score (nSPS) is 4.80. The van der Waals surface area contributed by atoms with Crippen molar-refractivity contribution in [3.63, 3.8) is 0 Å². The molecule has 1 N–H and O–H groups in total. The molecular weight excluding hydrogens is 121 g/mol. The molecule has 0 spiro atoms. The van der Waals surface area contributed by atoms with Crippen LogP contribution in [0.5, 0.6) is 0 Å². The Morgan fingerprint density at radius 3 is 1.80 bits per heavy atom. The molecule has 0 saturated heterocycles. The van der Waals surface area contributed by atoms with Crippen molar-refractivity contribution in [2.75, 3.05) is 6.61 Å². The molecule has 0 saturated carbocycles. The van der Waals surface area contributed by atoms with E-state index in [9.17, 15) is 0 Å². The number of aliphatic hydroxyl groups excluding tert-OH is 1. The van der Waals surface area contributed by atoms with Gasteiger partial charge in [0.05, 0.1) is 0 Å². The van der Waals surface area contributed by atoms with Gasteiger partial charge in [-0.05, 0) is 6.92 Å². The zero-order chi connectivity index (χ0) is 4.71. The summed E-state index contributed by atoms with van der Waals surface area (Å²) in [4.78, 5) is 0. The topological polar surface area (TPSA) is 37.3 Å². The monoisotopic (exact) mass is 126 g/mol. The van der Waals surface area contributed by atoms with E-state index in [0.717, 1.165) is 0 Å². The molecule has 0 amide bonds. The summed E-state index contributed by atoms with van der Waals surface area (Å²) >= 11 is 0.125. The third-order valence-electron chi connectivity index (χ3n) is 0. The van der Waals surface area contributed by atoms with E-state index in [1.807, 2.05) is 0 Å². The van der Waals surface area contributed by atoms with Crippen molar-refractivity contribution in [2.45, 2.75) is 6.92 Å². The fourth-order valence-electron chi connectivity index (χ4n) is 0. The second-order valence-electron chi connectivity index (χ2n) is 0.316. The van der Waals surface area contributed by atoms with Crippen molar-refractivity contribution in [3.8, 4) is 0 Å². The summed E-state index contributed by atoms with van der Waals surface area (Å²) in [6.07, 6.45) is 0. The van der Waals surface area contributed by atoms with E-state index in [0.29, 0.717) is 0 Å². The first kappa shape index (κ1) is 9.04. The van der Waals surface area contributed by atoms with Crippen molar-refractivity contribution in [1.82, 2.24) is 0 Å². The molecule has 0 aliphatic rings. The predicted molar refractivity (Wildman–Crippen MR) is 13.4 cm³/mol. The molecule has 0 aromatic heterocycles. The molecule has 0 aromatic carbocycles. The van der Waals surface area contributed by atoms with Crippen molar-refractivity contribution < 1.29 is 26.9 Å². The van der Waals surface area contributed by atoms with Gasteiger partial charge in [0.25, 0.3) is 0 Å². The van der Waals surface area contributed by atoms with Gasteiger partial charge in [-0.2, -0.15) is 0 Å². The fourth-order valence-corrected chi connectivity index (χ4v) is 0. The molecule has 0 unspecified atom stereocenters. The number of aliphatic hydroxyl groups is 1. The first-order valence-corrected chi connectivity index (χ1v) is 2.52. The van der Waals surface area contributed by atoms with E-state index in [1.165, 1.54) is 0 Å². The Kier molecular flexibility index (Phi) is 47.4. The molecule has 0 fully saturated rings. The minimum atomic E-state index is 0.125. The number of hydrogen-bond donors (Lipinski definition) is 1. The quantitative estimate of drug-likeness (QED) is 0.461. The second-order valence-corrected chi connectivity index (χ2v) is 0.316. The average Bonchev–Trinajstić information content (AvgIpc) is 1.46. The summed E-state index contributed by atoms with van der Waals surface area (Å²) in [7, 11) is 0. The Morgan fingerprint density at radius 1 is 1.80 bits per heavy atom. The molecule has 0 rings (SSSR count). The van der Waals surface area contributed by atoms with Crippen LogP contribution >= 0.6 is 0 Å². The maximum atomic E-state index is 8.38. The van der Waals surface area contributed by atoms with E-state index in [4.69, 9.17) is 8.68 Å². The van der Waals surface area contributed by atoms with Crippen molar-refractivity contribution in [3.05, 3.63) is 0 Å². The Balaban J connectivity index is 0. The van der Waals surface area contributed by atoms with Crippen molar-refractivity contribution in [2.24, 2.45) is 0 Å². The van der Waals surface area contributed by atoms with Gasteiger partial charge in [0, 0.05) is 6.61 Å². The van der Waals surface area contributed by atoms with Gasteiger partial charge < -0.3 is 5.11 Å². The molecular formula is C2H6O2Zn. The van der Waals surface area contributed by atoms with Crippen LogP contribution in [-0.4, -0.2) is 11.7 Å². The van der Waals surface area contributed by atoms with Gasteiger partial charge in [0.1, 0.15) is 0 Å². The van der Waals surface area contributed by atoms with E-state index in [-0.39, 0.29) is 24.9 Å². The second kappa shape index (κ2) is 26.2. The van der Waals surface area contributed by atoms with Crippen LogP contribution in [-0.2, 0) is 21.8 Å². The van der Waals surface area contributed by atoms with Crippen LogP contribution in [0.2, 0.25) is 0 Å². The summed E-state index contributed by atoms with van der Waals surface area (Å²) < 4.78 is 8.38. The van der Waals surface area contributed by atoms with Gasteiger partial charge in [0.15, 0.2) is 0 Å². The summed E-state index contributed by atoms with van der Waals surface area (Å²) in [6, 6.07) is 0. The molecule has 0 aliphatic heterocycles. The molecule has 3 heteroatoms. The molecule has 0 heterocycles. The third kappa shape index (κ3) is 169. The van der Waals surface area contributed by atoms with Gasteiger partial charge in [-0.25, -0.2) is 0 Å². The first-order valence-electron chi connectivity index (χ1n) is 1.31. The minimum absolute atomic E-state index is 0.125. The Bertz CT molecular complexity index is 11.6. The molecule has 2 nitrogen and oxygen atoms in total. The zero-order valence-corrected chi connectivity index (χ0v) is 6.24. The van der Waals surface area contributed by atoms with Crippen LogP contribution in [0.15, 0.2) is 0 Å². The van der Waals surface area contributed by atoms with E-state index in [1.54, 1.807) is 6.92 Å². The molecule has 0 bridgehead atoms. The molecule has 28 valence electrons. The molecule has 0 aromatic rings. The maximum absolute atomic E-state index is 8.38. The predicted octanol–water partition coefficient (Wildman–Crippen LogP) is -0.123. The van der Waals surface area contributed by atoms with E-state index in [2.05, 4.69) is 0 Å².